The first-order chi connectivity index (χ1) is 19.0. The van der Waals surface area contributed by atoms with Crippen molar-refractivity contribution in [3.05, 3.63) is 113 Å². The van der Waals surface area contributed by atoms with E-state index < -0.39 is 35.5 Å². The summed E-state index contributed by atoms with van der Waals surface area (Å²) in [5, 5.41) is 4.55. The largest absolute Gasteiger partial charge is 0.453 e. The van der Waals surface area contributed by atoms with Gasteiger partial charge in [-0.2, -0.15) is 0 Å². The van der Waals surface area contributed by atoms with E-state index in [9.17, 15) is 19.2 Å². The third kappa shape index (κ3) is 5.30. The minimum atomic E-state index is -1.55. The number of hydrogen-bond acceptors (Lipinski definition) is 5. The van der Waals surface area contributed by atoms with Crippen molar-refractivity contribution in [2.24, 2.45) is 11.3 Å². The van der Waals surface area contributed by atoms with Crippen molar-refractivity contribution in [2.45, 2.75) is 40.2 Å². The van der Waals surface area contributed by atoms with Gasteiger partial charge in [0.15, 0.2) is 5.78 Å². The summed E-state index contributed by atoms with van der Waals surface area (Å²) in [7, 11) is 0. The Hall–Kier alpha value is -4.58. The predicted molar refractivity (Wildman–Crippen MR) is 154 cm³/mol. The molecule has 0 saturated heterocycles. The van der Waals surface area contributed by atoms with Gasteiger partial charge in [0, 0.05) is 16.8 Å². The van der Waals surface area contributed by atoms with Crippen LogP contribution in [0.5, 0.6) is 0 Å². The van der Waals surface area contributed by atoms with Crippen LogP contribution in [0.15, 0.2) is 84.9 Å². The number of amides is 1. The molecule has 1 aliphatic heterocycles. The molecule has 0 bridgehead atoms. The molecule has 1 N–H and O–H groups in total. The second kappa shape index (κ2) is 10.5. The van der Waals surface area contributed by atoms with Crippen molar-refractivity contribution in [3.63, 3.8) is 0 Å². The molecule has 0 spiro atoms. The van der Waals surface area contributed by atoms with Crippen molar-refractivity contribution >= 4 is 39.9 Å². The molecule has 0 aliphatic carbocycles. The molecule has 4 aromatic carbocycles. The number of benzene rings is 4. The van der Waals surface area contributed by atoms with Gasteiger partial charge >= 0.3 is 5.97 Å². The van der Waals surface area contributed by atoms with E-state index in [0.717, 1.165) is 21.9 Å². The summed E-state index contributed by atoms with van der Waals surface area (Å²) in [6, 6.07) is 25.0. The average molecular weight is 534 g/mol. The Morgan fingerprint density at radius 1 is 0.875 bits per heavy atom. The van der Waals surface area contributed by atoms with Gasteiger partial charge in [-0.1, -0.05) is 93.6 Å². The van der Waals surface area contributed by atoms with Gasteiger partial charge in [0.05, 0.1) is 5.56 Å². The topological polar surface area (TPSA) is 89.5 Å². The molecule has 1 heterocycles. The monoisotopic (exact) mass is 533 g/mol. The summed E-state index contributed by atoms with van der Waals surface area (Å²) in [4.78, 5) is 54.2. The van der Waals surface area contributed by atoms with Crippen molar-refractivity contribution in [1.29, 1.82) is 0 Å². The molecule has 0 fully saturated rings. The van der Waals surface area contributed by atoms with Crippen LogP contribution in [0.3, 0.4) is 0 Å². The summed E-state index contributed by atoms with van der Waals surface area (Å²) in [5.74, 6) is -4.65. The SMILES string of the molecule is Cc1cccc(CC(C)(C)C)c1NC(=O)C(=O)[C@H](C(=O)c1ccc2ccccc2c1)[C@@H]1OC(=O)c2ccccc21. The van der Waals surface area contributed by atoms with E-state index in [0.29, 0.717) is 17.7 Å². The Morgan fingerprint density at radius 3 is 2.33 bits per heavy atom. The Morgan fingerprint density at radius 2 is 1.57 bits per heavy atom. The first kappa shape index (κ1) is 27.0. The van der Waals surface area contributed by atoms with Gasteiger partial charge < -0.3 is 10.1 Å². The molecule has 1 aliphatic rings. The summed E-state index contributed by atoms with van der Waals surface area (Å²) in [6.07, 6.45) is -0.544. The second-order valence-electron chi connectivity index (χ2n) is 11.5. The summed E-state index contributed by atoms with van der Waals surface area (Å²) in [6.45, 7) is 8.14. The third-order valence-corrected chi connectivity index (χ3v) is 7.17. The molecule has 0 saturated carbocycles. The second-order valence-corrected chi connectivity index (χ2v) is 11.5. The quantitative estimate of drug-likeness (QED) is 0.124. The van der Waals surface area contributed by atoms with Gasteiger partial charge in [-0.05, 0) is 52.8 Å². The van der Waals surface area contributed by atoms with Gasteiger partial charge in [-0.15, -0.1) is 0 Å². The van der Waals surface area contributed by atoms with Crippen molar-refractivity contribution < 1.29 is 23.9 Å². The Labute approximate surface area is 233 Å². The predicted octanol–water partition coefficient (Wildman–Crippen LogP) is 6.66. The normalized spacial score (nSPS) is 15.3. The Kier molecular flexibility index (Phi) is 7.11. The van der Waals surface area contributed by atoms with Crippen molar-refractivity contribution in [2.75, 3.05) is 5.32 Å². The summed E-state index contributed by atoms with van der Waals surface area (Å²) < 4.78 is 5.60. The molecular formula is C34H31NO5. The van der Waals surface area contributed by atoms with E-state index in [-0.39, 0.29) is 16.5 Å². The first-order valence-electron chi connectivity index (χ1n) is 13.3. The number of ketones is 2. The van der Waals surface area contributed by atoms with E-state index >= 15 is 0 Å². The number of para-hydroxylation sites is 1. The van der Waals surface area contributed by atoms with Crippen molar-refractivity contribution in [3.8, 4) is 0 Å². The van der Waals surface area contributed by atoms with Crippen LogP contribution >= 0.6 is 0 Å². The number of cyclic esters (lactones) is 1. The minimum absolute atomic E-state index is 0.0619. The van der Waals surface area contributed by atoms with Gasteiger partial charge in [0.2, 0.25) is 5.78 Å². The Balaban J connectivity index is 1.54. The van der Waals surface area contributed by atoms with Gasteiger partial charge in [0.25, 0.3) is 5.91 Å². The van der Waals surface area contributed by atoms with Crippen LogP contribution < -0.4 is 5.32 Å². The number of fused-ring (bicyclic) bond motifs is 2. The number of aryl methyl sites for hydroxylation is 1. The molecule has 1 amide bonds. The zero-order chi connectivity index (χ0) is 28.6. The minimum Gasteiger partial charge on any atom is -0.453 e. The number of carbonyl (C=O) groups excluding carboxylic acids is 4. The highest BCUT2D eigenvalue weighted by Gasteiger charge is 2.46. The molecule has 6 nitrogen and oxygen atoms in total. The zero-order valence-electron chi connectivity index (χ0n) is 23.0. The number of nitrogens with one attached hydrogen (secondary N) is 1. The molecule has 202 valence electrons. The van der Waals surface area contributed by atoms with Crippen LogP contribution in [-0.4, -0.2) is 23.4 Å². The number of hydrogen-bond donors (Lipinski definition) is 1. The van der Waals surface area contributed by atoms with Crippen LogP contribution in [0.25, 0.3) is 10.8 Å². The number of esters is 1. The van der Waals surface area contributed by atoms with Gasteiger partial charge in [0.1, 0.15) is 12.0 Å². The van der Waals surface area contributed by atoms with Crippen LogP contribution in [0.1, 0.15) is 64.3 Å². The van der Waals surface area contributed by atoms with Crippen molar-refractivity contribution in [1.82, 2.24) is 0 Å². The highest BCUT2D eigenvalue weighted by Crippen LogP contribution is 2.39. The smallest absolute Gasteiger partial charge is 0.339 e. The zero-order valence-corrected chi connectivity index (χ0v) is 23.0. The van der Waals surface area contributed by atoms with Crippen LogP contribution in [0.4, 0.5) is 5.69 Å². The molecule has 0 aromatic heterocycles. The van der Waals surface area contributed by atoms with Gasteiger partial charge in [-0.3, -0.25) is 14.4 Å². The van der Waals surface area contributed by atoms with Crippen LogP contribution in [0.2, 0.25) is 0 Å². The van der Waals surface area contributed by atoms with E-state index in [2.05, 4.69) is 26.1 Å². The molecule has 0 radical (unpaired) electrons. The fraction of sp³-hybridized carbons (Fsp3) is 0.235. The fourth-order valence-corrected chi connectivity index (χ4v) is 5.28. The van der Waals surface area contributed by atoms with Gasteiger partial charge in [-0.25, -0.2) is 4.79 Å². The molecule has 4 aromatic rings. The molecule has 0 unspecified atom stereocenters. The fourth-order valence-electron chi connectivity index (χ4n) is 5.28. The number of ether oxygens (including phenoxy) is 1. The molecule has 6 heteroatoms. The lowest BCUT2D eigenvalue weighted by Crippen LogP contribution is -2.38. The molecule has 2 atom stereocenters. The molecule has 5 rings (SSSR count). The molecule has 40 heavy (non-hydrogen) atoms. The summed E-state index contributed by atoms with van der Waals surface area (Å²) >= 11 is 0. The third-order valence-electron chi connectivity index (χ3n) is 7.17. The molecular weight excluding hydrogens is 502 g/mol. The maximum absolute atomic E-state index is 14.0. The lowest BCUT2D eigenvalue weighted by Gasteiger charge is -2.23. The lowest BCUT2D eigenvalue weighted by atomic mass is 9.84. The number of anilines is 1. The highest BCUT2D eigenvalue weighted by molar-refractivity contribution is 6.45. The van der Waals surface area contributed by atoms with E-state index in [1.807, 2.05) is 49.4 Å². The van der Waals surface area contributed by atoms with Crippen LogP contribution in [-0.2, 0) is 20.7 Å². The standard InChI is InChI=1S/C34H31NO5/c1-20-10-9-13-24(19-34(2,3)4)28(20)35-32(38)30(37)27(31-25-14-7-8-15-26(25)33(39)40-31)29(36)23-17-16-21-11-5-6-12-22(21)18-23/h5-18,27,31H,19H2,1-4H3,(H,35,38)/t27-,31+/m0/s1. The maximum atomic E-state index is 14.0. The highest BCUT2D eigenvalue weighted by atomic mass is 16.5. The van der Waals surface area contributed by atoms with E-state index in [1.165, 1.54) is 0 Å². The maximum Gasteiger partial charge on any atom is 0.339 e. The van der Waals surface area contributed by atoms with Crippen LogP contribution in [0, 0.1) is 18.3 Å². The Bertz CT molecular complexity index is 1660. The summed E-state index contributed by atoms with van der Waals surface area (Å²) in [5.41, 5.74) is 3.14. The van der Waals surface area contributed by atoms with E-state index in [1.54, 1.807) is 42.5 Å². The number of carbonyl (C=O) groups is 4. The number of rotatable bonds is 7. The average Bonchev–Trinajstić information content (AvgIpc) is 3.25. The number of Topliss-reactive ketones (excluding diaryl/α,β-unsaturated/α-hetero) is 2. The lowest BCUT2D eigenvalue weighted by molar-refractivity contribution is -0.138. The first-order valence-corrected chi connectivity index (χ1v) is 13.3. The van der Waals surface area contributed by atoms with E-state index in [4.69, 9.17) is 4.74 Å².